The lowest BCUT2D eigenvalue weighted by Crippen LogP contribution is -2.48. The fraction of sp³-hybridized carbons (Fsp3) is 0.417. The van der Waals surface area contributed by atoms with Gasteiger partial charge in [-0.1, -0.05) is 19.4 Å². The van der Waals surface area contributed by atoms with Gasteiger partial charge in [-0.2, -0.15) is 0 Å². The molecule has 0 aromatic heterocycles. The molecule has 0 saturated heterocycles. The van der Waals surface area contributed by atoms with Crippen molar-refractivity contribution < 1.29 is 9.53 Å². The van der Waals surface area contributed by atoms with Gasteiger partial charge in [-0.25, -0.2) is 21.5 Å². The van der Waals surface area contributed by atoms with Crippen molar-refractivity contribution in [2.24, 2.45) is 11.7 Å². The summed E-state index contributed by atoms with van der Waals surface area (Å²) in [7, 11) is 3.04. The minimum absolute atomic E-state index is 0.486. The number of amides is 2. The average molecular weight is 252 g/mol. The zero-order chi connectivity index (χ0) is 13.7. The van der Waals surface area contributed by atoms with E-state index in [2.05, 4.69) is 0 Å². The quantitative estimate of drug-likeness (QED) is 0.480. The monoisotopic (exact) mass is 252 g/mol. The average Bonchev–Trinajstić information content (AvgIpc) is 2.37. The second-order valence-corrected chi connectivity index (χ2v) is 3.97. The van der Waals surface area contributed by atoms with Crippen molar-refractivity contribution in [3.63, 3.8) is 0 Å². The highest BCUT2D eigenvalue weighted by Gasteiger charge is 2.19. The summed E-state index contributed by atoms with van der Waals surface area (Å²) < 4.78 is 5.29. The molecule has 0 atom stereocenters. The second kappa shape index (κ2) is 6.23. The molecule has 0 aliphatic rings. The van der Waals surface area contributed by atoms with Crippen molar-refractivity contribution in [1.29, 1.82) is 0 Å². The Kier molecular flexibility index (Phi) is 4.94. The van der Waals surface area contributed by atoms with E-state index in [1.165, 1.54) is 7.05 Å². The van der Waals surface area contributed by atoms with Crippen LogP contribution >= 0.6 is 0 Å². The van der Waals surface area contributed by atoms with Crippen molar-refractivity contribution in [1.82, 2.24) is 5.01 Å². The Morgan fingerprint density at radius 2 is 2.06 bits per heavy atom. The fourth-order valence-electron chi connectivity index (χ4n) is 1.75. The summed E-state index contributed by atoms with van der Waals surface area (Å²) in [6.07, 6.45) is 1.70. The van der Waals surface area contributed by atoms with E-state index >= 15 is 0 Å². The van der Waals surface area contributed by atoms with Crippen LogP contribution in [0.4, 0.5) is 10.5 Å². The van der Waals surface area contributed by atoms with E-state index in [1.54, 1.807) is 19.2 Å². The van der Waals surface area contributed by atoms with Gasteiger partial charge < -0.3 is 4.74 Å². The van der Waals surface area contributed by atoms with E-state index in [0.717, 1.165) is 34.2 Å². The number of carbonyl (C=O) groups excluding carboxylic acids is 1. The number of carbonyl (C=O) groups is 1. The lowest BCUT2D eigenvalue weighted by atomic mass is 10.1. The summed E-state index contributed by atoms with van der Waals surface area (Å²) in [6, 6.07) is 4.92. The normalized spacial score (nSPS) is 10.1. The molecule has 6 nitrogen and oxygen atoms in total. The van der Waals surface area contributed by atoms with Crippen molar-refractivity contribution in [3.8, 4) is 5.75 Å². The summed E-state index contributed by atoms with van der Waals surface area (Å²) in [4.78, 5) is 11.8. The first-order chi connectivity index (χ1) is 8.52. The van der Waals surface area contributed by atoms with Crippen molar-refractivity contribution in [3.05, 3.63) is 23.8 Å². The van der Waals surface area contributed by atoms with Crippen LogP contribution in [0, 0.1) is 0 Å². The highest BCUT2D eigenvalue weighted by molar-refractivity contribution is 5.91. The van der Waals surface area contributed by atoms with Gasteiger partial charge in [-0.15, -0.1) is 0 Å². The van der Waals surface area contributed by atoms with Crippen molar-refractivity contribution in [2.45, 2.75) is 19.8 Å². The molecular formula is C12H20N4O2. The molecular weight excluding hydrogens is 232 g/mol. The Morgan fingerprint density at radius 1 is 1.39 bits per heavy atom. The molecule has 0 aliphatic carbocycles. The zero-order valence-corrected chi connectivity index (χ0v) is 11.0. The first kappa shape index (κ1) is 14.3. The van der Waals surface area contributed by atoms with Gasteiger partial charge in [0, 0.05) is 12.6 Å². The number of hydrazine groups is 2. The Balaban J connectivity index is 3.18. The van der Waals surface area contributed by atoms with Gasteiger partial charge in [0.15, 0.2) is 0 Å². The van der Waals surface area contributed by atoms with Gasteiger partial charge in [0.25, 0.3) is 0 Å². The number of hydrogen-bond acceptors (Lipinski definition) is 4. The molecule has 0 bridgehead atoms. The Morgan fingerprint density at radius 3 is 2.56 bits per heavy atom. The lowest BCUT2D eigenvalue weighted by Gasteiger charge is -2.24. The van der Waals surface area contributed by atoms with Crippen LogP contribution in [0.15, 0.2) is 18.2 Å². The fourth-order valence-corrected chi connectivity index (χ4v) is 1.75. The van der Waals surface area contributed by atoms with E-state index in [9.17, 15) is 4.79 Å². The SMILES string of the molecule is CCCc1c(OC)cccc1N(N)C(=O)N(C)N. The molecule has 2 amide bonds. The number of nitrogens with two attached hydrogens (primary N) is 2. The summed E-state index contributed by atoms with van der Waals surface area (Å²) in [5.41, 5.74) is 1.51. The smallest absolute Gasteiger partial charge is 0.352 e. The molecule has 0 radical (unpaired) electrons. The molecule has 0 saturated carbocycles. The maximum atomic E-state index is 11.8. The molecule has 0 fully saturated rings. The molecule has 1 aromatic carbocycles. The predicted octanol–water partition coefficient (Wildman–Crippen LogP) is 1.25. The molecule has 1 aromatic rings. The predicted molar refractivity (Wildman–Crippen MR) is 71.0 cm³/mol. The van der Waals surface area contributed by atoms with Gasteiger partial charge in [-0.3, -0.25) is 5.01 Å². The van der Waals surface area contributed by atoms with Gasteiger partial charge in [0.1, 0.15) is 5.75 Å². The molecule has 6 heteroatoms. The Hall–Kier alpha value is -1.79. The highest BCUT2D eigenvalue weighted by atomic mass is 16.5. The first-order valence-electron chi connectivity index (χ1n) is 5.76. The lowest BCUT2D eigenvalue weighted by molar-refractivity contribution is 0.216. The highest BCUT2D eigenvalue weighted by Crippen LogP contribution is 2.29. The number of urea groups is 1. The first-order valence-corrected chi connectivity index (χ1v) is 5.76. The van der Waals surface area contributed by atoms with E-state index in [-0.39, 0.29) is 0 Å². The van der Waals surface area contributed by atoms with E-state index in [4.69, 9.17) is 16.4 Å². The third kappa shape index (κ3) is 2.91. The maximum absolute atomic E-state index is 11.8. The molecule has 1 rings (SSSR count). The van der Waals surface area contributed by atoms with Crippen LogP contribution in [0.3, 0.4) is 0 Å². The number of rotatable bonds is 4. The molecule has 0 spiro atoms. The van der Waals surface area contributed by atoms with Crippen LogP contribution in [0.1, 0.15) is 18.9 Å². The standard InChI is InChI=1S/C12H20N4O2/c1-4-6-9-10(7-5-8-11(9)18-3)16(14)12(17)15(2)13/h5,7-8H,4,6,13-14H2,1-3H3. The molecule has 0 heterocycles. The maximum Gasteiger partial charge on any atom is 0.352 e. The molecule has 0 unspecified atom stereocenters. The second-order valence-electron chi connectivity index (χ2n) is 3.97. The molecule has 0 aliphatic heterocycles. The third-order valence-corrected chi connectivity index (χ3v) is 2.60. The minimum Gasteiger partial charge on any atom is -0.496 e. The number of benzene rings is 1. The van der Waals surface area contributed by atoms with Gasteiger partial charge in [-0.05, 0) is 18.6 Å². The largest absolute Gasteiger partial charge is 0.496 e. The van der Waals surface area contributed by atoms with Gasteiger partial charge >= 0.3 is 6.03 Å². The summed E-state index contributed by atoms with van der Waals surface area (Å²) in [5.74, 6) is 11.9. The van der Waals surface area contributed by atoms with Crippen LogP contribution in [0.2, 0.25) is 0 Å². The van der Waals surface area contributed by atoms with Gasteiger partial charge in [0.2, 0.25) is 0 Å². The number of ether oxygens (including phenoxy) is 1. The minimum atomic E-state index is -0.486. The summed E-state index contributed by atoms with van der Waals surface area (Å²) >= 11 is 0. The van der Waals surface area contributed by atoms with Crippen LogP contribution in [-0.4, -0.2) is 25.2 Å². The van der Waals surface area contributed by atoms with Crippen molar-refractivity contribution >= 4 is 11.7 Å². The van der Waals surface area contributed by atoms with E-state index in [0.29, 0.717) is 5.69 Å². The Labute approximate surface area is 107 Å². The van der Waals surface area contributed by atoms with Gasteiger partial charge in [0.05, 0.1) is 12.8 Å². The van der Waals surface area contributed by atoms with Crippen LogP contribution in [0.25, 0.3) is 0 Å². The summed E-state index contributed by atoms with van der Waals surface area (Å²) in [5, 5.41) is 1.97. The number of anilines is 1. The number of nitrogens with zero attached hydrogens (tertiary/aromatic N) is 2. The van der Waals surface area contributed by atoms with E-state index < -0.39 is 6.03 Å². The molecule has 100 valence electrons. The Bertz CT molecular complexity index is 421. The van der Waals surface area contributed by atoms with Crippen LogP contribution in [0.5, 0.6) is 5.75 Å². The third-order valence-electron chi connectivity index (χ3n) is 2.60. The molecule has 4 N–H and O–H groups in total. The zero-order valence-electron chi connectivity index (χ0n) is 11.0. The van der Waals surface area contributed by atoms with Crippen LogP contribution in [-0.2, 0) is 6.42 Å². The molecule has 18 heavy (non-hydrogen) atoms. The number of hydrogen-bond donors (Lipinski definition) is 2. The van der Waals surface area contributed by atoms with E-state index in [1.807, 2.05) is 13.0 Å². The van der Waals surface area contributed by atoms with Crippen molar-refractivity contribution in [2.75, 3.05) is 19.2 Å². The topological polar surface area (TPSA) is 84.8 Å². The van der Waals surface area contributed by atoms with Crippen LogP contribution < -0.4 is 21.4 Å². The number of methoxy groups -OCH3 is 1. The summed E-state index contributed by atoms with van der Waals surface area (Å²) in [6.45, 7) is 2.05.